The third-order valence-corrected chi connectivity index (χ3v) is 2.76. The molecular formula is C11H13F2I. The van der Waals surface area contributed by atoms with Crippen LogP contribution in [0.2, 0.25) is 0 Å². The average molecular weight is 310 g/mol. The molecule has 1 aromatic rings. The fourth-order valence-electron chi connectivity index (χ4n) is 1.32. The van der Waals surface area contributed by atoms with Crippen molar-refractivity contribution in [2.75, 3.05) is 0 Å². The Morgan fingerprint density at radius 1 is 1.21 bits per heavy atom. The highest BCUT2D eigenvalue weighted by atomic mass is 127. The Balaban J connectivity index is 3.31. The van der Waals surface area contributed by atoms with Gasteiger partial charge in [0.15, 0.2) is 11.6 Å². The van der Waals surface area contributed by atoms with E-state index >= 15 is 0 Å². The van der Waals surface area contributed by atoms with Gasteiger partial charge in [-0.1, -0.05) is 41.6 Å². The van der Waals surface area contributed by atoms with Gasteiger partial charge in [-0.05, 0) is 25.8 Å². The fraction of sp³-hybridized carbons (Fsp3) is 0.455. The molecule has 1 rings (SSSR count). The van der Waals surface area contributed by atoms with Crippen LogP contribution in [0, 0.1) is 11.6 Å². The first-order chi connectivity index (χ1) is 6.38. The molecule has 0 aliphatic carbocycles. The molecule has 0 bridgehead atoms. The van der Waals surface area contributed by atoms with Crippen molar-refractivity contribution in [2.24, 2.45) is 0 Å². The first-order valence-corrected chi connectivity index (χ1v) is 5.62. The van der Waals surface area contributed by atoms with E-state index in [-0.39, 0.29) is 3.42 Å². The fourth-order valence-corrected chi connectivity index (χ4v) is 1.74. The maximum absolute atomic E-state index is 13.6. The zero-order chi connectivity index (χ0) is 10.9. The lowest BCUT2D eigenvalue weighted by atomic mass is 9.99. The number of aryl methyl sites for hydroxylation is 1. The zero-order valence-corrected chi connectivity index (χ0v) is 10.7. The lowest BCUT2D eigenvalue weighted by Crippen LogP contribution is -2.11. The molecule has 78 valence electrons. The molecule has 0 aliphatic rings. The number of hydrogen-bond acceptors (Lipinski definition) is 0. The number of halogens is 3. The van der Waals surface area contributed by atoms with Crippen LogP contribution in [-0.4, -0.2) is 0 Å². The number of rotatable bonds is 2. The van der Waals surface area contributed by atoms with Crippen LogP contribution in [0.3, 0.4) is 0 Å². The van der Waals surface area contributed by atoms with E-state index in [4.69, 9.17) is 0 Å². The summed E-state index contributed by atoms with van der Waals surface area (Å²) in [7, 11) is 0. The van der Waals surface area contributed by atoms with Crippen molar-refractivity contribution in [3.8, 4) is 0 Å². The Kier molecular flexibility index (Phi) is 3.50. The Morgan fingerprint density at radius 2 is 1.79 bits per heavy atom. The van der Waals surface area contributed by atoms with Gasteiger partial charge in [0.1, 0.15) is 0 Å². The molecule has 0 radical (unpaired) electrons. The third kappa shape index (κ3) is 2.24. The number of benzene rings is 1. The molecule has 0 saturated carbocycles. The van der Waals surface area contributed by atoms with Gasteiger partial charge in [-0.15, -0.1) is 0 Å². The van der Waals surface area contributed by atoms with Crippen molar-refractivity contribution >= 4 is 22.6 Å². The summed E-state index contributed by atoms with van der Waals surface area (Å²) in [6.45, 7) is 5.53. The van der Waals surface area contributed by atoms with E-state index in [0.717, 1.165) is 0 Å². The molecule has 0 aromatic heterocycles. The minimum Gasteiger partial charge on any atom is -0.203 e. The van der Waals surface area contributed by atoms with Crippen molar-refractivity contribution in [1.82, 2.24) is 0 Å². The summed E-state index contributed by atoms with van der Waals surface area (Å²) in [5.41, 5.74) is 0.861. The highest BCUT2D eigenvalue weighted by Crippen LogP contribution is 2.33. The van der Waals surface area contributed by atoms with Gasteiger partial charge in [0.05, 0.1) is 0 Å². The summed E-state index contributed by atoms with van der Waals surface area (Å²) >= 11 is 2.10. The molecule has 0 N–H and O–H groups in total. The minimum atomic E-state index is -0.705. The standard InChI is InChI=1S/C11H13F2I/c1-4-7-5-6-8(11(2,3)14)10(13)9(7)12/h5-6H,4H2,1-3H3. The van der Waals surface area contributed by atoms with Crippen LogP contribution in [-0.2, 0) is 9.84 Å². The molecule has 0 aliphatic heterocycles. The van der Waals surface area contributed by atoms with Crippen molar-refractivity contribution < 1.29 is 8.78 Å². The minimum absolute atomic E-state index is 0.380. The monoisotopic (exact) mass is 310 g/mol. The summed E-state index contributed by atoms with van der Waals surface area (Å²) in [4.78, 5) is 0. The summed E-state index contributed by atoms with van der Waals surface area (Å²) in [6, 6.07) is 3.33. The van der Waals surface area contributed by atoms with Gasteiger partial charge in [0, 0.05) is 8.99 Å². The second-order valence-electron chi connectivity index (χ2n) is 3.73. The molecule has 0 fully saturated rings. The van der Waals surface area contributed by atoms with Gasteiger partial charge in [-0.25, -0.2) is 8.78 Å². The molecule has 1 aromatic carbocycles. The van der Waals surface area contributed by atoms with Crippen molar-refractivity contribution in [2.45, 2.75) is 30.6 Å². The normalized spacial score (nSPS) is 11.9. The van der Waals surface area contributed by atoms with Crippen LogP contribution in [0.15, 0.2) is 12.1 Å². The predicted molar refractivity (Wildman–Crippen MR) is 62.8 cm³/mol. The smallest absolute Gasteiger partial charge is 0.163 e. The SMILES string of the molecule is CCc1ccc(C(C)(C)I)c(F)c1F. The molecule has 0 saturated heterocycles. The van der Waals surface area contributed by atoms with E-state index in [1.54, 1.807) is 12.1 Å². The van der Waals surface area contributed by atoms with Crippen molar-refractivity contribution in [1.29, 1.82) is 0 Å². The van der Waals surface area contributed by atoms with Gasteiger partial charge in [-0.2, -0.15) is 0 Å². The molecule has 0 unspecified atom stereocenters. The van der Waals surface area contributed by atoms with Gasteiger partial charge < -0.3 is 0 Å². The molecule has 3 heteroatoms. The van der Waals surface area contributed by atoms with Crippen LogP contribution in [0.5, 0.6) is 0 Å². The summed E-state index contributed by atoms with van der Waals surface area (Å²) in [5.74, 6) is -1.40. The topological polar surface area (TPSA) is 0 Å². The Labute approximate surface area is 96.8 Å². The highest BCUT2D eigenvalue weighted by Gasteiger charge is 2.23. The molecular weight excluding hydrogens is 297 g/mol. The maximum Gasteiger partial charge on any atom is 0.163 e. The summed E-state index contributed by atoms with van der Waals surface area (Å²) in [5, 5.41) is 0. The Morgan fingerprint density at radius 3 is 2.21 bits per heavy atom. The second kappa shape index (κ2) is 4.13. The molecule has 0 amide bonds. The largest absolute Gasteiger partial charge is 0.203 e. The Bertz CT molecular complexity index is 340. The summed E-state index contributed by atoms with van der Waals surface area (Å²) in [6.07, 6.45) is 0.519. The van der Waals surface area contributed by atoms with Crippen LogP contribution >= 0.6 is 22.6 Å². The van der Waals surface area contributed by atoms with Gasteiger partial charge in [-0.3, -0.25) is 0 Å². The van der Waals surface area contributed by atoms with E-state index in [1.807, 2.05) is 20.8 Å². The zero-order valence-electron chi connectivity index (χ0n) is 8.50. The number of hydrogen-bond donors (Lipinski definition) is 0. The lowest BCUT2D eigenvalue weighted by Gasteiger charge is -2.18. The van der Waals surface area contributed by atoms with Gasteiger partial charge >= 0.3 is 0 Å². The van der Waals surface area contributed by atoms with Crippen molar-refractivity contribution in [3.05, 3.63) is 34.9 Å². The van der Waals surface area contributed by atoms with Crippen LogP contribution in [0.1, 0.15) is 31.9 Å². The first kappa shape index (κ1) is 11.9. The third-order valence-electron chi connectivity index (χ3n) is 2.18. The molecule has 14 heavy (non-hydrogen) atoms. The molecule has 0 heterocycles. The predicted octanol–water partition coefficient (Wildman–Crippen LogP) is 4.20. The van der Waals surface area contributed by atoms with Gasteiger partial charge in [0.2, 0.25) is 0 Å². The number of alkyl halides is 1. The Hall–Kier alpha value is -0.190. The van der Waals surface area contributed by atoms with E-state index in [1.165, 1.54) is 0 Å². The molecule has 0 spiro atoms. The lowest BCUT2D eigenvalue weighted by molar-refractivity contribution is 0.484. The van der Waals surface area contributed by atoms with Crippen LogP contribution < -0.4 is 0 Å². The maximum atomic E-state index is 13.6. The second-order valence-corrected chi connectivity index (χ2v) is 6.42. The van der Waals surface area contributed by atoms with E-state index in [2.05, 4.69) is 22.6 Å². The van der Waals surface area contributed by atoms with E-state index in [0.29, 0.717) is 17.5 Å². The highest BCUT2D eigenvalue weighted by molar-refractivity contribution is 14.1. The van der Waals surface area contributed by atoms with Gasteiger partial charge in [0.25, 0.3) is 0 Å². The quantitative estimate of drug-likeness (QED) is 0.567. The first-order valence-electron chi connectivity index (χ1n) is 4.54. The van der Waals surface area contributed by atoms with E-state index < -0.39 is 11.6 Å². The van der Waals surface area contributed by atoms with Crippen LogP contribution in [0.4, 0.5) is 8.78 Å². The van der Waals surface area contributed by atoms with E-state index in [9.17, 15) is 8.78 Å². The van der Waals surface area contributed by atoms with Crippen LogP contribution in [0.25, 0.3) is 0 Å². The van der Waals surface area contributed by atoms with Crippen molar-refractivity contribution in [3.63, 3.8) is 0 Å². The average Bonchev–Trinajstić information content (AvgIpc) is 2.07. The molecule has 0 nitrogen and oxygen atoms in total. The summed E-state index contributed by atoms with van der Waals surface area (Å²) < 4.78 is 26.6. The molecule has 0 atom stereocenters.